The van der Waals surface area contributed by atoms with E-state index in [1.165, 1.54) is 51.4 Å². The Bertz CT molecular complexity index is 776. The molecule has 0 aliphatic heterocycles. The van der Waals surface area contributed by atoms with Crippen LogP contribution in [0.4, 0.5) is 0 Å². The molecule has 0 bridgehead atoms. The normalized spacial score (nSPS) is 11.2. The maximum absolute atomic E-state index is 6.24. The van der Waals surface area contributed by atoms with Gasteiger partial charge in [0.25, 0.3) is 0 Å². The van der Waals surface area contributed by atoms with Crippen molar-refractivity contribution >= 4 is 24.3 Å². The Morgan fingerprint density at radius 1 is 0.611 bits per heavy atom. The van der Waals surface area contributed by atoms with Crippen molar-refractivity contribution < 1.29 is 9.47 Å². The Morgan fingerprint density at radius 2 is 0.972 bits per heavy atom. The summed E-state index contributed by atoms with van der Waals surface area (Å²) in [5.41, 5.74) is 23.0. The minimum absolute atomic E-state index is 0.124. The lowest BCUT2D eigenvalue weighted by molar-refractivity contribution is 0.258. The molecule has 0 aromatic heterocycles. The molecule has 0 saturated carbocycles. The maximum atomic E-state index is 6.24. The molecule has 8 N–H and O–H groups in total. The van der Waals surface area contributed by atoms with E-state index < -0.39 is 0 Å². The summed E-state index contributed by atoms with van der Waals surface area (Å²) >= 11 is 0. The van der Waals surface area contributed by atoms with Gasteiger partial charge in [0, 0.05) is 11.1 Å². The van der Waals surface area contributed by atoms with Crippen LogP contribution in [0.1, 0.15) is 102 Å². The number of guanidine groups is 2. The first kappa shape index (κ1) is 30.7. The molecule has 0 unspecified atom stereocenters. The summed E-state index contributed by atoms with van der Waals surface area (Å²) in [5, 5.41) is 15.3. The van der Waals surface area contributed by atoms with E-state index in [2.05, 4.69) is 34.3 Å². The lowest BCUT2D eigenvalue weighted by Gasteiger charge is -2.17. The monoisotopic (exact) mass is 502 g/mol. The second-order valence-corrected chi connectivity index (χ2v) is 8.67. The van der Waals surface area contributed by atoms with Crippen LogP contribution >= 0.6 is 0 Å². The van der Waals surface area contributed by atoms with Crippen LogP contribution in [0, 0.1) is 0 Å². The van der Waals surface area contributed by atoms with Crippen LogP contribution in [0.5, 0.6) is 11.5 Å². The van der Waals surface area contributed by atoms with Crippen molar-refractivity contribution in [3.05, 3.63) is 23.3 Å². The van der Waals surface area contributed by atoms with Crippen molar-refractivity contribution in [2.24, 2.45) is 43.3 Å². The Balaban J connectivity index is 3.10. The molecular weight excluding hydrogens is 456 g/mol. The first-order chi connectivity index (χ1) is 17.5. The van der Waals surface area contributed by atoms with Gasteiger partial charge < -0.3 is 32.4 Å². The van der Waals surface area contributed by atoms with Crippen molar-refractivity contribution in [2.45, 2.75) is 90.9 Å². The van der Waals surface area contributed by atoms with Crippen LogP contribution in [0.2, 0.25) is 0 Å². The fourth-order valence-corrected chi connectivity index (χ4v) is 3.52. The molecule has 36 heavy (non-hydrogen) atoms. The Hall–Kier alpha value is -3.30. The summed E-state index contributed by atoms with van der Waals surface area (Å²) in [6.45, 7) is 5.53. The number of ether oxygens (including phenoxy) is 2. The number of rotatable bonds is 20. The SMILES string of the molecule is CCCCCCCCOc1c(/C=N/N=C(N)N)ccc(/C=N/N=C(N)N)c1OCCCCCCCC. The Labute approximate surface area is 216 Å². The summed E-state index contributed by atoms with van der Waals surface area (Å²) < 4.78 is 12.5. The standard InChI is InChI=1S/C26H46N8O2/c1-3-5-7-9-11-13-17-35-23-21(19-31-33-25(27)28)15-16-22(20-32-34-26(29)30)24(23)36-18-14-12-10-8-6-4-2/h15-16,19-20H,3-14,17-18H2,1-2H3,(H4,27,28,33)(H4,29,30,34)/b31-19+,32-20+. The Kier molecular flexibility index (Phi) is 17.0. The van der Waals surface area contributed by atoms with E-state index in [1.54, 1.807) is 12.4 Å². The lowest BCUT2D eigenvalue weighted by atomic mass is 10.1. The van der Waals surface area contributed by atoms with Gasteiger partial charge in [-0.2, -0.15) is 10.2 Å². The average Bonchev–Trinajstić information content (AvgIpc) is 2.84. The van der Waals surface area contributed by atoms with E-state index >= 15 is 0 Å². The molecule has 0 aliphatic carbocycles. The molecule has 0 spiro atoms. The third-order valence-electron chi connectivity index (χ3n) is 5.40. The predicted octanol–water partition coefficient (Wildman–Crippen LogP) is 4.38. The molecule has 1 aromatic rings. The minimum Gasteiger partial charge on any atom is -0.489 e. The zero-order valence-corrected chi connectivity index (χ0v) is 22.1. The van der Waals surface area contributed by atoms with Crippen LogP contribution in [0.15, 0.2) is 32.5 Å². The number of nitrogens with zero attached hydrogens (tertiary/aromatic N) is 4. The summed E-state index contributed by atoms with van der Waals surface area (Å²) in [5.74, 6) is 0.887. The molecule has 0 atom stereocenters. The van der Waals surface area contributed by atoms with Crippen molar-refractivity contribution in [3.63, 3.8) is 0 Å². The highest BCUT2D eigenvalue weighted by Gasteiger charge is 2.15. The minimum atomic E-state index is -0.124. The number of hydrogen-bond donors (Lipinski definition) is 4. The van der Waals surface area contributed by atoms with Crippen molar-refractivity contribution in [1.82, 2.24) is 0 Å². The number of unbranched alkanes of at least 4 members (excludes halogenated alkanes) is 10. The molecule has 1 rings (SSSR count). The van der Waals surface area contributed by atoms with Gasteiger partial charge in [-0.1, -0.05) is 78.1 Å². The third-order valence-corrected chi connectivity index (χ3v) is 5.40. The number of benzene rings is 1. The fraction of sp³-hybridized carbons (Fsp3) is 0.615. The number of nitrogens with two attached hydrogens (primary N) is 4. The van der Waals surface area contributed by atoms with Gasteiger partial charge in [0.2, 0.25) is 11.9 Å². The summed E-state index contributed by atoms with van der Waals surface area (Å²) in [4.78, 5) is 0. The van der Waals surface area contributed by atoms with E-state index in [9.17, 15) is 0 Å². The molecule has 10 heteroatoms. The second kappa shape index (κ2) is 19.9. The van der Waals surface area contributed by atoms with Gasteiger partial charge in [0.05, 0.1) is 25.6 Å². The molecule has 0 heterocycles. The van der Waals surface area contributed by atoms with E-state index in [0.29, 0.717) is 35.8 Å². The van der Waals surface area contributed by atoms with Gasteiger partial charge in [0.1, 0.15) is 0 Å². The van der Waals surface area contributed by atoms with Crippen LogP contribution in [-0.4, -0.2) is 37.6 Å². The van der Waals surface area contributed by atoms with Gasteiger partial charge in [0.15, 0.2) is 11.5 Å². The fourth-order valence-electron chi connectivity index (χ4n) is 3.52. The topological polar surface area (TPSA) is 172 Å². The molecule has 0 aliphatic rings. The second-order valence-electron chi connectivity index (χ2n) is 8.67. The molecule has 1 aromatic carbocycles. The zero-order valence-electron chi connectivity index (χ0n) is 22.1. The summed E-state index contributed by atoms with van der Waals surface area (Å²) in [7, 11) is 0. The Morgan fingerprint density at radius 3 is 1.33 bits per heavy atom. The highest BCUT2D eigenvalue weighted by atomic mass is 16.5. The van der Waals surface area contributed by atoms with E-state index in [0.717, 1.165) is 25.7 Å². The van der Waals surface area contributed by atoms with Crippen LogP contribution in [0.3, 0.4) is 0 Å². The molecule has 202 valence electrons. The molecule has 0 fully saturated rings. The van der Waals surface area contributed by atoms with Gasteiger partial charge in [-0.3, -0.25) is 0 Å². The molecule has 0 amide bonds. The van der Waals surface area contributed by atoms with Crippen LogP contribution in [-0.2, 0) is 0 Å². The maximum Gasteiger partial charge on any atom is 0.211 e. The molecular formula is C26H46N8O2. The summed E-state index contributed by atoms with van der Waals surface area (Å²) in [6.07, 6.45) is 17.1. The van der Waals surface area contributed by atoms with E-state index in [-0.39, 0.29) is 11.9 Å². The first-order valence-corrected chi connectivity index (χ1v) is 13.2. The van der Waals surface area contributed by atoms with E-state index in [4.69, 9.17) is 32.4 Å². The van der Waals surface area contributed by atoms with Crippen LogP contribution in [0.25, 0.3) is 0 Å². The van der Waals surface area contributed by atoms with Gasteiger partial charge in [-0.15, -0.1) is 10.2 Å². The number of hydrogen-bond acceptors (Lipinski definition) is 6. The molecule has 10 nitrogen and oxygen atoms in total. The smallest absolute Gasteiger partial charge is 0.211 e. The van der Waals surface area contributed by atoms with Crippen molar-refractivity contribution in [1.29, 1.82) is 0 Å². The largest absolute Gasteiger partial charge is 0.489 e. The lowest BCUT2D eigenvalue weighted by Crippen LogP contribution is -2.21. The zero-order chi connectivity index (χ0) is 26.4. The van der Waals surface area contributed by atoms with Gasteiger partial charge >= 0.3 is 0 Å². The molecule has 0 radical (unpaired) electrons. The first-order valence-electron chi connectivity index (χ1n) is 13.2. The van der Waals surface area contributed by atoms with Gasteiger partial charge in [-0.25, -0.2) is 0 Å². The van der Waals surface area contributed by atoms with Crippen molar-refractivity contribution in [2.75, 3.05) is 13.2 Å². The molecule has 0 saturated heterocycles. The van der Waals surface area contributed by atoms with Crippen molar-refractivity contribution in [3.8, 4) is 11.5 Å². The highest BCUT2D eigenvalue weighted by Crippen LogP contribution is 2.34. The average molecular weight is 503 g/mol. The van der Waals surface area contributed by atoms with Crippen LogP contribution < -0.4 is 32.4 Å². The summed E-state index contributed by atoms with van der Waals surface area (Å²) in [6, 6.07) is 3.69. The van der Waals surface area contributed by atoms with Gasteiger partial charge in [-0.05, 0) is 25.0 Å². The quantitative estimate of drug-likeness (QED) is 0.0891. The third kappa shape index (κ3) is 14.2. The predicted molar refractivity (Wildman–Crippen MR) is 151 cm³/mol. The highest BCUT2D eigenvalue weighted by molar-refractivity contribution is 5.92. The van der Waals surface area contributed by atoms with E-state index in [1.807, 2.05) is 12.1 Å².